The summed E-state index contributed by atoms with van der Waals surface area (Å²) in [6, 6.07) is 4.61. The maximum atomic E-state index is 12.2. The molecular formula is C12H14FNO4S. The first-order chi connectivity index (χ1) is 8.82. The van der Waals surface area contributed by atoms with Crippen LogP contribution in [0.15, 0.2) is 23.1 Å². The number of benzene rings is 1. The number of hydrogen-bond acceptors (Lipinski definition) is 3. The van der Waals surface area contributed by atoms with Crippen LogP contribution in [0.4, 0.5) is 4.39 Å². The molecular weight excluding hydrogens is 273 g/mol. The largest absolute Gasteiger partial charge is 0.339 e. The zero-order chi connectivity index (χ0) is 14.2. The van der Waals surface area contributed by atoms with Crippen LogP contribution in [0.3, 0.4) is 0 Å². The number of amides is 1. The van der Waals surface area contributed by atoms with Crippen molar-refractivity contribution in [2.24, 2.45) is 0 Å². The molecule has 0 radical (unpaired) electrons. The van der Waals surface area contributed by atoms with E-state index in [1.807, 2.05) is 0 Å². The van der Waals surface area contributed by atoms with Crippen LogP contribution in [-0.4, -0.2) is 43.5 Å². The summed E-state index contributed by atoms with van der Waals surface area (Å²) in [6.45, 7) is 1.30. The number of likely N-dealkylation sites (tertiary alicyclic amines) is 1. The molecule has 1 heterocycles. The monoisotopic (exact) mass is 287 g/mol. The molecule has 104 valence electrons. The van der Waals surface area contributed by atoms with Gasteiger partial charge >= 0.3 is 0 Å². The molecule has 5 nitrogen and oxygen atoms in total. The summed E-state index contributed by atoms with van der Waals surface area (Å²) in [5.41, 5.74) is 1.34. The van der Waals surface area contributed by atoms with Crippen LogP contribution in [0.2, 0.25) is 0 Å². The van der Waals surface area contributed by atoms with Crippen molar-refractivity contribution in [3.63, 3.8) is 0 Å². The normalized spacial score (nSPS) is 16.3. The molecule has 1 aliphatic heterocycles. The molecule has 0 aliphatic carbocycles. The van der Waals surface area contributed by atoms with Gasteiger partial charge in [-0.25, -0.2) is 4.39 Å². The summed E-state index contributed by atoms with van der Waals surface area (Å²) < 4.78 is 44.0. The fourth-order valence-corrected chi connectivity index (χ4v) is 2.95. The highest BCUT2D eigenvalue weighted by Crippen LogP contribution is 2.32. The Morgan fingerprint density at radius 2 is 2.11 bits per heavy atom. The number of alkyl halides is 1. The van der Waals surface area contributed by atoms with E-state index >= 15 is 0 Å². The summed E-state index contributed by atoms with van der Waals surface area (Å²) in [5, 5.41) is 0. The molecule has 0 aromatic heterocycles. The first-order valence-electron chi connectivity index (χ1n) is 5.74. The number of aryl methyl sites for hydroxylation is 1. The highest BCUT2D eigenvalue weighted by atomic mass is 32.2. The molecule has 0 spiro atoms. The Bertz CT molecular complexity index is 608. The second-order valence-corrected chi connectivity index (χ2v) is 6.04. The number of nitrogens with zero attached hydrogens (tertiary/aromatic N) is 1. The molecule has 1 N–H and O–H groups in total. The van der Waals surface area contributed by atoms with Gasteiger partial charge in [0.15, 0.2) is 6.67 Å². The molecule has 0 bridgehead atoms. The van der Waals surface area contributed by atoms with E-state index in [-0.39, 0.29) is 23.9 Å². The lowest BCUT2D eigenvalue weighted by molar-refractivity contribution is -0.136. The second-order valence-electron chi connectivity index (χ2n) is 4.65. The number of halogens is 1. The minimum atomic E-state index is -4.29. The zero-order valence-corrected chi connectivity index (χ0v) is 11.2. The molecule has 0 saturated carbocycles. The van der Waals surface area contributed by atoms with Crippen molar-refractivity contribution in [3.8, 4) is 0 Å². The van der Waals surface area contributed by atoms with Crippen LogP contribution < -0.4 is 0 Å². The quantitative estimate of drug-likeness (QED) is 0.846. The van der Waals surface area contributed by atoms with Gasteiger partial charge in [0, 0.05) is 19.0 Å². The third-order valence-electron chi connectivity index (χ3n) is 3.23. The average Bonchev–Trinajstić information content (AvgIpc) is 2.25. The van der Waals surface area contributed by atoms with E-state index in [2.05, 4.69) is 0 Å². The minimum absolute atomic E-state index is 0.143. The first-order valence-corrected chi connectivity index (χ1v) is 7.18. The standard InChI is InChI=1S/C12H14FNO4S/c1-8-2-3-11(19(16,17)18)10(4-8)9-6-14(7-9)12(15)5-13/h2-4,9H,5-7H2,1H3,(H,16,17,18). The summed E-state index contributed by atoms with van der Waals surface area (Å²) in [5.74, 6) is -0.787. The molecule has 1 aromatic carbocycles. The SMILES string of the molecule is Cc1ccc(S(=O)(=O)O)c(C2CN(C(=O)CF)C2)c1. The molecule has 1 aliphatic rings. The lowest BCUT2D eigenvalue weighted by Crippen LogP contribution is -2.49. The van der Waals surface area contributed by atoms with Gasteiger partial charge in [0.05, 0.1) is 4.90 Å². The third-order valence-corrected chi connectivity index (χ3v) is 4.16. The van der Waals surface area contributed by atoms with Gasteiger partial charge in [0.2, 0.25) is 0 Å². The predicted octanol–water partition coefficient (Wildman–Crippen LogP) is 1.14. The molecule has 0 unspecified atom stereocenters. The summed E-state index contributed by atoms with van der Waals surface area (Å²) in [4.78, 5) is 12.3. The van der Waals surface area contributed by atoms with Crippen LogP contribution in [0.1, 0.15) is 17.0 Å². The Labute approximate surface area is 110 Å². The Morgan fingerprint density at radius 1 is 1.47 bits per heavy atom. The number of carbonyl (C=O) groups excluding carboxylic acids is 1. The van der Waals surface area contributed by atoms with Crippen molar-refractivity contribution < 1.29 is 22.2 Å². The van der Waals surface area contributed by atoms with Crippen LogP contribution in [0, 0.1) is 6.92 Å². The van der Waals surface area contributed by atoms with E-state index in [0.717, 1.165) is 5.56 Å². The Morgan fingerprint density at radius 3 is 2.63 bits per heavy atom. The van der Waals surface area contributed by atoms with Gasteiger partial charge in [0.1, 0.15) is 0 Å². The van der Waals surface area contributed by atoms with Gasteiger partial charge in [-0.3, -0.25) is 9.35 Å². The lowest BCUT2D eigenvalue weighted by atomic mass is 9.90. The van der Waals surface area contributed by atoms with Gasteiger partial charge in [-0.05, 0) is 18.6 Å². The Hall–Kier alpha value is -1.47. The van der Waals surface area contributed by atoms with E-state index in [9.17, 15) is 22.2 Å². The van der Waals surface area contributed by atoms with E-state index in [1.165, 1.54) is 11.0 Å². The van der Waals surface area contributed by atoms with Crippen LogP contribution in [0.5, 0.6) is 0 Å². The number of rotatable bonds is 3. The molecule has 1 amide bonds. The number of hydrogen-bond donors (Lipinski definition) is 1. The average molecular weight is 287 g/mol. The first kappa shape index (κ1) is 14.0. The minimum Gasteiger partial charge on any atom is -0.339 e. The van der Waals surface area contributed by atoms with Crippen LogP contribution in [-0.2, 0) is 14.9 Å². The van der Waals surface area contributed by atoms with Gasteiger partial charge in [-0.1, -0.05) is 17.7 Å². The molecule has 1 aromatic rings. The summed E-state index contributed by atoms with van der Waals surface area (Å²) in [7, 11) is -4.29. The lowest BCUT2D eigenvalue weighted by Gasteiger charge is -2.39. The Kier molecular flexibility index (Phi) is 3.60. The van der Waals surface area contributed by atoms with Gasteiger partial charge in [0.25, 0.3) is 16.0 Å². The van der Waals surface area contributed by atoms with Crippen LogP contribution in [0.25, 0.3) is 0 Å². The molecule has 1 fully saturated rings. The second kappa shape index (κ2) is 4.90. The van der Waals surface area contributed by atoms with Crippen molar-refractivity contribution in [2.45, 2.75) is 17.7 Å². The summed E-state index contributed by atoms with van der Waals surface area (Å²) in [6.07, 6.45) is 0. The van der Waals surface area contributed by atoms with E-state index in [1.54, 1.807) is 19.1 Å². The molecule has 19 heavy (non-hydrogen) atoms. The van der Waals surface area contributed by atoms with Crippen molar-refractivity contribution >= 4 is 16.0 Å². The highest BCUT2D eigenvalue weighted by Gasteiger charge is 2.34. The zero-order valence-electron chi connectivity index (χ0n) is 10.3. The van der Waals surface area contributed by atoms with Gasteiger partial charge in [-0.15, -0.1) is 0 Å². The smallest absolute Gasteiger partial charge is 0.294 e. The van der Waals surface area contributed by atoms with E-state index in [0.29, 0.717) is 5.56 Å². The molecule has 2 rings (SSSR count). The fraction of sp³-hybridized carbons (Fsp3) is 0.417. The molecule has 1 saturated heterocycles. The molecule has 7 heteroatoms. The summed E-state index contributed by atoms with van der Waals surface area (Å²) >= 11 is 0. The maximum absolute atomic E-state index is 12.2. The third kappa shape index (κ3) is 2.76. The van der Waals surface area contributed by atoms with Crippen molar-refractivity contribution in [1.29, 1.82) is 0 Å². The van der Waals surface area contributed by atoms with E-state index in [4.69, 9.17) is 0 Å². The molecule has 0 atom stereocenters. The highest BCUT2D eigenvalue weighted by molar-refractivity contribution is 7.85. The van der Waals surface area contributed by atoms with Crippen molar-refractivity contribution in [2.75, 3.05) is 19.8 Å². The fourth-order valence-electron chi connectivity index (χ4n) is 2.19. The Balaban J connectivity index is 2.27. The van der Waals surface area contributed by atoms with Gasteiger partial charge < -0.3 is 4.90 Å². The van der Waals surface area contributed by atoms with E-state index < -0.39 is 22.7 Å². The predicted molar refractivity (Wildman–Crippen MR) is 66.3 cm³/mol. The topological polar surface area (TPSA) is 74.7 Å². The van der Waals surface area contributed by atoms with Crippen molar-refractivity contribution in [3.05, 3.63) is 29.3 Å². The van der Waals surface area contributed by atoms with Crippen LogP contribution >= 0.6 is 0 Å². The van der Waals surface area contributed by atoms with Gasteiger partial charge in [-0.2, -0.15) is 8.42 Å². The van der Waals surface area contributed by atoms with Crippen molar-refractivity contribution in [1.82, 2.24) is 4.90 Å². The number of carbonyl (C=O) groups is 1. The maximum Gasteiger partial charge on any atom is 0.294 e.